The summed E-state index contributed by atoms with van der Waals surface area (Å²) in [5.41, 5.74) is 2.15. The fourth-order valence-electron chi connectivity index (χ4n) is 1.87. The molecule has 1 aromatic heterocycles. The summed E-state index contributed by atoms with van der Waals surface area (Å²) in [5.74, 6) is -0.873. The van der Waals surface area contributed by atoms with Gasteiger partial charge in [0.25, 0.3) is 5.91 Å². The molecule has 1 heterocycles. The van der Waals surface area contributed by atoms with Gasteiger partial charge in [0.15, 0.2) is 6.10 Å². The van der Waals surface area contributed by atoms with Crippen LogP contribution in [-0.2, 0) is 9.53 Å². The maximum absolute atomic E-state index is 12.2. The van der Waals surface area contributed by atoms with Crippen LogP contribution in [0, 0.1) is 6.92 Å². The minimum atomic E-state index is -0.832. The molecule has 114 valence electrons. The molecule has 1 atom stereocenters. The second-order valence-corrected chi connectivity index (χ2v) is 4.89. The van der Waals surface area contributed by atoms with Gasteiger partial charge in [-0.05, 0) is 37.6 Å². The summed E-state index contributed by atoms with van der Waals surface area (Å²) < 4.78 is 5.26. The number of hydrogen-bond acceptors (Lipinski definition) is 4. The highest BCUT2D eigenvalue weighted by atomic mass is 16.5. The number of carbonyl (C=O) groups is 2. The molecule has 0 aliphatic rings. The number of amides is 1. The number of nitrogens with zero attached hydrogens (tertiary/aromatic N) is 1. The molecule has 0 bridgehead atoms. The number of hydrogen-bond donors (Lipinski definition) is 1. The van der Waals surface area contributed by atoms with Gasteiger partial charge in [-0.2, -0.15) is 0 Å². The monoisotopic (exact) mass is 298 g/mol. The molecule has 22 heavy (non-hydrogen) atoms. The molecule has 1 amide bonds. The summed E-state index contributed by atoms with van der Waals surface area (Å²) in [6.45, 7) is 3.76. The third-order valence-electron chi connectivity index (χ3n) is 3.15. The summed E-state index contributed by atoms with van der Waals surface area (Å²) in [6, 6.07) is 10.5. The van der Waals surface area contributed by atoms with Gasteiger partial charge in [-0.25, -0.2) is 4.79 Å². The third-order valence-corrected chi connectivity index (χ3v) is 3.15. The summed E-state index contributed by atoms with van der Waals surface area (Å²) in [6.07, 6.45) is 2.57. The highest BCUT2D eigenvalue weighted by Crippen LogP contribution is 2.12. The molecule has 0 saturated carbocycles. The van der Waals surface area contributed by atoms with Gasteiger partial charge in [0.1, 0.15) is 0 Å². The highest BCUT2D eigenvalue weighted by Gasteiger charge is 2.22. The van der Waals surface area contributed by atoms with Crippen LogP contribution in [0.1, 0.15) is 29.3 Å². The summed E-state index contributed by atoms with van der Waals surface area (Å²) in [5, 5.41) is 2.75. The van der Waals surface area contributed by atoms with Crippen molar-refractivity contribution in [2.45, 2.75) is 26.4 Å². The van der Waals surface area contributed by atoms with Crippen LogP contribution in [0.2, 0.25) is 0 Å². The smallest absolute Gasteiger partial charge is 0.339 e. The van der Waals surface area contributed by atoms with Gasteiger partial charge in [-0.15, -0.1) is 0 Å². The van der Waals surface area contributed by atoms with Crippen molar-refractivity contribution in [2.24, 2.45) is 0 Å². The van der Waals surface area contributed by atoms with Crippen molar-refractivity contribution in [1.82, 2.24) is 4.98 Å². The van der Waals surface area contributed by atoms with E-state index in [2.05, 4.69) is 10.3 Å². The minimum absolute atomic E-state index is 0.339. The Morgan fingerprint density at radius 2 is 1.77 bits per heavy atom. The Labute approximate surface area is 129 Å². The first kappa shape index (κ1) is 15.7. The van der Waals surface area contributed by atoms with Crippen LogP contribution < -0.4 is 5.32 Å². The fourth-order valence-corrected chi connectivity index (χ4v) is 1.87. The molecule has 1 N–H and O–H groups in total. The molecular weight excluding hydrogens is 280 g/mol. The Morgan fingerprint density at radius 3 is 2.36 bits per heavy atom. The van der Waals surface area contributed by atoms with Crippen molar-refractivity contribution in [3.05, 3.63) is 59.9 Å². The first-order valence-corrected chi connectivity index (χ1v) is 7.08. The summed E-state index contributed by atoms with van der Waals surface area (Å²) in [4.78, 5) is 28.0. The average molecular weight is 298 g/mol. The lowest BCUT2D eigenvalue weighted by Crippen LogP contribution is -2.32. The number of anilines is 1. The van der Waals surface area contributed by atoms with Crippen LogP contribution in [0.4, 0.5) is 5.69 Å². The van der Waals surface area contributed by atoms with Crippen molar-refractivity contribution >= 4 is 17.6 Å². The van der Waals surface area contributed by atoms with Gasteiger partial charge in [0.05, 0.1) is 5.56 Å². The molecule has 0 aliphatic heterocycles. The normalized spacial score (nSPS) is 11.5. The van der Waals surface area contributed by atoms with Gasteiger partial charge in [0, 0.05) is 18.1 Å². The summed E-state index contributed by atoms with van der Waals surface area (Å²) in [7, 11) is 0. The van der Waals surface area contributed by atoms with E-state index in [1.165, 1.54) is 12.4 Å². The van der Waals surface area contributed by atoms with E-state index in [-0.39, 0.29) is 5.91 Å². The molecule has 2 rings (SSSR count). The molecule has 5 heteroatoms. The van der Waals surface area contributed by atoms with Gasteiger partial charge in [-0.1, -0.05) is 24.6 Å². The number of nitrogens with one attached hydrogen (secondary N) is 1. The van der Waals surface area contributed by atoms with Crippen molar-refractivity contribution in [3.63, 3.8) is 0 Å². The Bertz CT molecular complexity index is 639. The number of esters is 1. The van der Waals surface area contributed by atoms with Crippen LogP contribution in [0.3, 0.4) is 0 Å². The second-order valence-electron chi connectivity index (χ2n) is 4.89. The van der Waals surface area contributed by atoms with E-state index in [1.807, 2.05) is 31.2 Å². The average Bonchev–Trinajstić information content (AvgIpc) is 2.55. The maximum atomic E-state index is 12.2. The van der Waals surface area contributed by atoms with Gasteiger partial charge >= 0.3 is 5.97 Å². The molecule has 0 fully saturated rings. The van der Waals surface area contributed by atoms with E-state index in [0.717, 1.165) is 5.56 Å². The van der Waals surface area contributed by atoms with Crippen molar-refractivity contribution in [1.29, 1.82) is 0 Å². The lowest BCUT2D eigenvalue weighted by Gasteiger charge is -2.16. The van der Waals surface area contributed by atoms with E-state index in [4.69, 9.17) is 4.74 Å². The molecular formula is C17H18N2O3. The highest BCUT2D eigenvalue weighted by molar-refractivity contribution is 5.97. The van der Waals surface area contributed by atoms with Crippen LogP contribution in [-0.4, -0.2) is 23.0 Å². The quantitative estimate of drug-likeness (QED) is 0.862. The number of carbonyl (C=O) groups excluding carboxylic acids is 2. The van der Waals surface area contributed by atoms with E-state index in [1.54, 1.807) is 19.1 Å². The first-order valence-electron chi connectivity index (χ1n) is 7.08. The Balaban J connectivity index is 2.00. The number of benzene rings is 1. The lowest BCUT2D eigenvalue weighted by molar-refractivity contribution is -0.124. The number of pyridine rings is 1. The first-order chi connectivity index (χ1) is 10.6. The molecule has 0 spiro atoms. The molecule has 2 aromatic rings. The molecule has 1 unspecified atom stereocenters. The van der Waals surface area contributed by atoms with Gasteiger partial charge in [0.2, 0.25) is 0 Å². The van der Waals surface area contributed by atoms with Gasteiger partial charge in [-0.3, -0.25) is 9.78 Å². The SMILES string of the molecule is CCC(OC(=O)c1ccncc1)C(=O)Nc1ccc(C)cc1. The topological polar surface area (TPSA) is 68.3 Å². The molecule has 0 radical (unpaired) electrons. The fraction of sp³-hybridized carbons (Fsp3) is 0.235. The minimum Gasteiger partial charge on any atom is -0.449 e. The van der Waals surface area contributed by atoms with E-state index >= 15 is 0 Å². The molecule has 0 saturated heterocycles. The zero-order chi connectivity index (χ0) is 15.9. The Morgan fingerprint density at radius 1 is 1.14 bits per heavy atom. The van der Waals surface area contributed by atoms with E-state index in [9.17, 15) is 9.59 Å². The number of aromatic nitrogens is 1. The van der Waals surface area contributed by atoms with Crippen LogP contribution >= 0.6 is 0 Å². The van der Waals surface area contributed by atoms with Crippen LogP contribution in [0.5, 0.6) is 0 Å². The molecule has 1 aromatic carbocycles. The summed E-state index contributed by atoms with van der Waals surface area (Å²) >= 11 is 0. The second kappa shape index (κ2) is 7.36. The van der Waals surface area contributed by atoms with Crippen molar-refractivity contribution in [2.75, 3.05) is 5.32 Å². The standard InChI is InChI=1S/C17H18N2O3/c1-3-15(22-17(21)13-8-10-18-11-9-13)16(20)19-14-6-4-12(2)5-7-14/h4-11,15H,3H2,1-2H3,(H,19,20). The van der Waals surface area contributed by atoms with Crippen molar-refractivity contribution in [3.8, 4) is 0 Å². The zero-order valence-electron chi connectivity index (χ0n) is 12.6. The maximum Gasteiger partial charge on any atom is 0.339 e. The molecule has 0 aliphatic carbocycles. The molecule has 5 nitrogen and oxygen atoms in total. The van der Waals surface area contributed by atoms with Crippen LogP contribution in [0.25, 0.3) is 0 Å². The predicted octanol–water partition coefficient (Wildman–Crippen LogP) is 2.96. The zero-order valence-corrected chi connectivity index (χ0v) is 12.6. The number of aryl methyl sites for hydroxylation is 1. The Hall–Kier alpha value is -2.69. The van der Waals surface area contributed by atoms with Crippen molar-refractivity contribution < 1.29 is 14.3 Å². The number of rotatable bonds is 5. The van der Waals surface area contributed by atoms with Crippen LogP contribution in [0.15, 0.2) is 48.8 Å². The van der Waals surface area contributed by atoms with E-state index in [0.29, 0.717) is 17.7 Å². The van der Waals surface area contributed by atoms with Gasteiger partial charge < -0.3 is 10.1 Å². The lowest BCUT2D eigenvalue weighted by atomic mass is 10.2. The van der Waals surface area contributed by atoms with E-state index < -0.39 is 12.1 Å². The Kier molecular flexibility index (Phi) is 5.25. The predicted molar refractivity (Wildman–Crippen MR) is 83.5 cm³/mol. The largest absolute Gasteiger partial charge is 0.449 e. The third kappa shape index (κ3) is 4.15. The number of ether oxygens (including phenoxy) is 1.